The van der Waals surface area contributed by atoms with E-state index in [0.29, 0.717) is 18.2 Å². The standard InChI is InChI=1S/C14H9NO11S3.4Na.4H/c15-12-8(29(24,25)26)2-1-5-9(12)14(17)11-7(28(21,22)23)4-3-6(27(18,19)20)10(11)13(5)16;;;;;;;;/h1-4H,15H2,(H,18,19,20)(H,21,22,23)(H,24,25,26);;;;;;;;/q;4*+1;4*-1. The summed E-state index contributed by atoms with van der Waals surface area (Å²) < 4.78 is 97.3. The maximum absolute atomic E-state index is 12.9. The Labute approximate surface area is 282 Å². The van der Waals surface area contributed by atoms with Gasteiger partial charge in [0.05, 0.1) is 22.4 Å². The summed E-state index contributed by atoms with van der Waals surface area (Å²) in [5, 5.41) is 0. The number of fused-ring (bicyclic) bond motifs is 2. The molecular formula is C14H13NNa4O11S3. The minimum Gasteiger partial charge on any atom is -1.00 e. The fraction of sp³-hybridized carbons (Fsp3) is 0. The van der Waals surface area contributed by atoms with Crippen LogP contribution in [0.1, 0.15) is 37.5 Å². The molecular weight excluding hydrogens is 546 g/mol. The minimum absolute atomic E-state index is 0. The molecule has 3 rings (SSSR count). The molecule has 0 saturated carbocycles. The third-order valence-electron chi connectivity index (χ3n) is 4.09. The molecule has 0 aromatic heterocycles. The van der Waals surface area contributed by atoms with Crippen molar-refractivity contribution in [2.24, 2.45) is 0 Å². The topological polar surface area (TPSA) is 223 Å². The zero-order valence-electron chi connectivity index (χ0n) is 21.7. The summed E-state index contributed by atoms with van der Waals surface area (Å²) in [4.78, 5) is 22.5. The summed E-state index contributed by atoms with van der Waals surface area (Å²) in [5.41, 5.74) is 1.10. The number of carbonyl (C=O) groups is 2. The zero-order valence-corrected chi connectivity index (χ0v) is 28.2. The van der Waals surface area contributed by atoms with Crippen LogP contribution >= 0.6 is 0 Å². The Hall–Kier alpha value is 1.31. The molecule has 19 heteroatoms. The van der Waals surface area contributed by atoms with Gasteiger partial charge in [0, 0.05) is 5.56 Å². The van der Waals surface area contributed by atoms with Crippen LogP contribution in [0.25, 0.3) is 0 Å². The summed E-state index contributed by atoms with van der Waals surface area (Å²) in [6.45, 7) is 0. The van der Waals surface area contributed by atoms with Crippen LogP contribution in [0, 0.1) is 0 Å². The number of hydrogen-bond acceptors (Lipinski definition) is 9. The summed E-state index contributed by atoms with van der Waals surface area (Å²) in [7, 11) is -15.2. The van der Waals surface area contributed by atoms with Gasteiger partial charge in [-0.25, -0.2) is 0 Å². The average molecular weight is 559 g/mol. The van der Waals surface area contributed by atoms with E-state index in [1.54, 1.807) is 0 Å². The number of nitrogens with two attached hydrogens (primary N) is 1. The van der Waals surface area contributed by atoms with Crippen molar-refractivity contribution in [2.75, 3.05) is 5.73 Å². The molecule has 1 aliphatic rings. The molecule has 0 saturated heterocycles. The molecule has 2 aromatic carbocycles. The Kier molecular flexibility index (Phi) is 13.5. The van der Waals surface area contributed by atoms with Crippen LogP contribution in [0.15, 0.2) is 39.0 Å². The maximum Gasteiger partial charge on any atom is 1.00 e. The molecule has 0 unspecified atom stereocenters. The third-order valence-corrected chi connectivity index (χ3v) is 6.80. The van der Waals surface area contributed by atoms with Crippen LogP contribution < -0.4 is 124 Å². The summed E-state index contributed by atoms with van der Waals surface area (Å²) in [6, 6.07) is 2.41. The van der Waals surface area contributed by atoms with Crippen molar-refractivity contribution in [3.63, 3.8) is 0 Å². The normalized spacial score (nSPS) is 12.7. The molecule has 0 radical (unpaired) electrons. The van der Waals surface area contributed by atoms with Gasteiger partial charge in [-0.2, -0.15) is 25.3 Å². The average Bonchev–Trinajstić information content (AvgIpc) is 2.55. The van der Waals surface area contributed by atoms with Gasteiger partial charge in [0.15, 0.2) is 11.6 Å². The van der Waals surface area contributed by atoms with Crippen molar-refractivity contribution in [1.82, 2.24) is 0 Å². The van der Waals surface area contributed by atoms with E-state index >= 15 is 0 Å². The fourth-order valence-corrected chi connectivity index (χ4v) is 4.97. The first kappa shape index (κ1) is 36.5. The first-order valence-electron chi connectivity index (χ1n) is 7.18. The molecule has 0 spiro atoms. The molecule has 0 bridgehead atoms. The van der Waals surface area contributed by atoms with E-state index < -0.39 is 84.5 Å². The van der Waals surface area contributed by atoms with Crippen LogP contribution in [-0.2, 0) is 30.4 Å². The Morgan fingerprint density at radius 3 is 1.27 bits per heavy atom. The van der Waals surface area contributed by atoms with E-state index in [4.69, 9.17) is 5.73 Å². The molecule has 2 aromatic rings. The fourth-order valence-electron chi connectivity index (χ4n) is 2.96. The molecule has 0 aliphatic heterocycles. The Balaban J connectivity index is -0.000000300. The van der Waals surface area contributed by atoms with Crippen molar-refractivity contribution in [3.05, 3.63) is 46.5 Å². The van der Waals surface area contributed by atoms with Crippen LogP contribution in [0.4, 0.5) is 5.69 Å². The van der Waals surface area contributed by atoms with Gasteiger partial charge in [0.1, 0.15) is 14.7 Å². The third kappa shape index (κ3) is 6.80. The van der Waals surface area contributed by atoms with Crippen molar-refractivity contribution in [3.8, 4) is 0 Å². The number of benzene rings is 2. The van der Waals surface area contributed by atoms with Crippen molar-refractivity contribution >= 4 is 47.6 Å². The van der Waals surface area contributed by atoms with Gasteiger partial charge in [0.2, 0.25) is 0 Å². The van der Waals surface area contributed by atoms with Crippen molar-refractivity contribution in [1.29, 1.82) is 0 Å². The van der Waals surface area contributed by atoms with Crippen LogP contribution in [0.5, 0.6) is 0 Å². The van der Waals surface area contributed by atoms with Gasteiger partial charge in [0.25, 0.3) is 30.4 Å². The number of rotatable bonds is 3. The van der Waals surface area contributed by atoms with E-state index in [1.165, 1.54) is 0 Å². The molecule has 162 valence electrons. The largest absolute Gasteiger partial charge is 1.00 e. The first-order valence-corrected chi connectivity index (χ1v) is 11.5. The molecule has 1 aliphatic carbocycles. The van der Waals surface area contributed by atoms with Crippen LogP contribution in [0.2, 0.25) is 0 Å². The Morgan fingerprint density at radius 1 is 0.576 bits per heavy atom. The van der Waals surface area contributed by atoms with Crippen LogP contribution in [-0.4, -0.2) is 50.5 Å². The smallest absolute Gasteiger partial charge is 1.00 e. The molecule has 0 fully saturated rings. The second kappa shape index (κ2) is 12.2. The molecule has 0 heterocycles. The zero-order chi connectivity index (χ0) is 22.1. The minimum atomic E-state index is -5.17. The quantitative estimate of drug-likeness (QED) is 0.133. The molecule has 0 amide bonds. The second-order valence-electron chi connectivity index (χ2n) is 5.80. The Morgan fingerprint density at radius 2 is 0.909 bits per heavy atom. The predicted molar refractivity (Wildman–Crippen MR) is 98.1 cm³/mol. The van der Waals surface area contributed by atoms with Gasteiger partial charge < -0.3 is 11.4 Å². The van der Waals surface area contributed by atoms with Gasteiger partial charge >= 0.3 is 118 Å². The molecule has 12 nitrogen and oxygen atoms in total. The van der Waals surface area contributed by atoms with E-state index in [9.17, 15) is 48.5 Å². The molecule has 0 atom stereocenters. The number of carbonyl (C=O) groups excluding carboxylic acids is 2. The number of nitrogen functional groups attached to an aromatic ring is 1. The molecule has 5 N–H and O–H groups in total. The summed E-state index contributed by atoms with van der Waals surface area (Å²) in [6.07, 6.45) is 0. The number of anilines is 1. The summed E-state index contributed by atoms with van der Waals surface area (Å²) >= 11 is 0. The van der Waals surface area contributed by atoms with E-state index in [1.807, 2.05) is 0 Å². The van der Waals surface area contributed by atoms with Crippen molar-refractivity contribution < 1.29 is 172 Å². The molecule has 33 heavy (non-hydrogen) atoms. The predicted octanol–water partition coefficient (Wildman–Crippen LogP) is -11.7. The van der Waals surface area contributed by atoms with Crippen molar-refractivity contribution in [2.45, 2.75) is 14.7 Å². The van der Waals surface area contributed by atoms with Gasteiger partial charge in [-0.15, -0.1) is 0 Å². The van der Waals surface area contributed by atoms with Gasteiger partial charge in [-0.1, -0.05) is 0 Å². The maximum atomic E-state index is 12.9. The number of ketones is 2. The summed E-state index contributed by atoms with van der Waals surface area (Å²) in [5.74, 6) is -2.71. The monoisotopic (exact) mass is 559 g/mol. The van der Waals surface area contributed by atoms with Gasteiger partial charge in [-0.05, 0) is 24.3 Å². The SMILES string of the molecule is Nc1c(S(=O)(=O)O)ccc2c1C(=O)c1c(S(=O)(=O)O)ccc(S(=O)(=O)O)c1C2=O.[H-].[H-].[H-].[H-].[Na+].[Na+].[Na+].[Na+]. The Bertz CT molecular complexity index is 1490. The van der Waals surface area contributed by atoms with Crippen LogP contribution in [0.3, 0.4) is 0 Å². The van der Waals surface area contributed by atoms with E-state index in [0.717, 1.165) is 6.07 Å². The van der Waals surface area contributed by atoms with E-state index in [2.05, 4.69) is 0 Å². The van der Waals surface area contributed by atoms with Gasteiger partial charge in [-0.3, -0.25) is 23.2 Å². The van der Waals surface area contributed by atoms with E-state index in [-0.39, 0.29) is 124 Å². The second-order valence-corrected chi connectivity index (χ2v) is 9.97. The number of hydrogen-bond donors (Lipinski definition) is 4. The first-order chi connectivity index (χ1) is 13.1.